The van der Waals surface area contributed by atoms with Crippen LogP contribution in [0.4, 0.5) is 11.7 Å². The van der Waals surface area contributed by atoms with Crippen LogP contribution in [0.2, 0.25) is 0 Å². The minimum atomic E-state index is -0.929. The van der Waals surface area contributed by atoms with Crippen LogP contribution in [0.15, 0.2) is 28.9 Å². The molecule has 0 aliphatic rings. The number of hydrogen-bond acceptors (Lipinski definition) is 4. The van der Waals surface area contributed by atoms with Crippen molar-refractivity contribution in [2.75, 3.05) is 5.32 Å². The van der Waals surface area contributed by atoms with Gasteiger partial charge in [-0.1, -0.05) is 12.1 Å². The summed E-state index contributed by atoms with van der Waals surface area (Å²) in [5.41, 5.74) is 3.49. The predicted molar refractivity (Wildman–Crippen MR) is 67.0 cm³/mol. The Morgan fingerprint density at radius 1 is 1.44 bits per heavy atom. The van der Waals surface area contributed by atoms with Crippen molar-refractivity contribution in [3.8, 4) is 0 Å². The molecule has 2 aromatic rings. The summed E-state index contributed by atoms with van der Waals surface area (Å²) in [6.45, 7) is 3.97. The van der Waals surface area contributed by atoms with Crippen molar-refractivity contribution < 1.29 is 14.3 Å². The second-order valence-corrected chi connectivity index (χ2v) is 4.16. The summed E-state index contributed by atoms with van der Waals surface area (Å²) >= 11 is 0. The highest BCUT2D eigenvalue weighted by molar-refractivity contribution is 5.69. The number of carboxylic acids is 1. The quantitative estimate of drug-likeness (QED) is 0.867. The number of carbonyl (C=O) groups is 1. The third kappa shape index (κ3) is 2.88. The maximum atomic E-state index is 10.5. The highest BCUT2D eigenvalue weighted by Gasteiger charge is 2.08. The minimum absolute atomic E-state index is 0.141. The molecule has 1 aromatic heterocycles. The molecule has 0 saturated heterocycles. The molecule has 5 heteroatoms. The standard InChI is InChI=1S/C13H14N2O3/c1-8-3-4-9(2)11(5-8)15-13-14-10(7-18-13)6-12(16)17/h3-5,7H,6H2,1-2H3,(H,14,15)(H,16,17). The molecule has 2 N–H and O–H groups in total. The van der Waals surface area contributed by atoms with Crippen LogP contribution >= 0.6 is 0 Å². The van der Waals surface area contributed by atoms with Crippen molar-refractivity contribution >= 4 is 17.7 Å². The Bertz CT molecular complexity index is 575. The Balaban J connectivity index is 2.16. The van der Waals surface area contributed by atoms with Gasteiger partial charge < -0.3 is 14.8 Å². The molecule has 0 unspecified atom stereocenters. The average Bonchev–Trinajstić information content (AvgIpc) is 2.70. The molecule has 1 aromatic carbocycles. The van der Waals surface area contributed by atoms with Crippen molar-refractivity contribution in [3.05, 3.63) is 41.3 Å². The van der Waals surface area contributed by atoms with E-state index in [4.69, 9.17) is 9.52 Å². The zero-order chi connectivity index (χ0) is 13.1. The Morgan fingerprint density at radius 3 is 2.94 bits per heavy atom. The summed E-state index contributed by atoms with van der Waals surface area (Å²) in [7, 11) is 0. The van der Waals surface area contributed by atoms with Crippen molar-refractivity contribution in [2.45, 2.75) is 20.3 Å². The first-order chi connectivity index (χ1) is 8.54. The van der Waals surface area contributed by atoms with Gasteiger partial charge in [0, 0.05) is 5.69 Å². The van der Waals surface area contributed by atoms with Crippen LogP contribution in [-0.4, -0.2) is 16.1 Å². The fourth-order valence-electron chi connectivity index (χ4n) is 1.59. The molecule has 5 nitrogen and oxygen atoms in total. The Kier molecular flexibility index (Phi) is 3.32. The number of aliphatic carboxylic acids is 1. The zero-order valence-corrected chi connectivity index (χ0v) is 10.2. The summed E-state index contributed by atoms with van der Waals surface area (Å²) in [6, 6.07) is 6.31. The molecule has 0 aliphatic heterocycles. The van der Waals surface area contributed by atoms with Gasteiger partial charge in [-0.25, -0.2) is 0 Å². The average molecular weight is 246 g/mol. The molecular weight excluding hydrogens is 232 g/mol. The SMILES string of the molecule is Cc1ccc(C)c(Nc2nc(CC(=O)O)co2)c1. The molecule has 2 rings (SSSR count). The number of nitrogens with one attached hydrogen (secondary N) is 1. The number of aromatic nitrogens is 1. The summed E-state index contributed by atoms with van der Waals surface area (Å²) in [6.07, 6.45) is 1.21. The number of rotatable bonds is 4. The first-order valence-electron chi connectivity index (χ1n) is 5.55. The lowest BCUT2D eigenvalue weighted by Gasteiger charge is -2.06. The van der Waals surface area contributed by atoms with Gasteiger partial charge >= 0.3 is 5.97 Å². The number of carboxylic acid groups (broad SMARTS) is 1. The molecule has 0 radical (unpaired) electrons. The van der Waals surface area contributed by atoms with Gasteiger partial charge in [0.05, 0.1) is 12.1 Å². The second-order valence-electron chi connectivity index (χ2n) is 4.16. The Morgan fingerprint density at radius 2 is 2.22 bits per heavy atom. The van der Waals surface area contributed by atoms with Gasteiger partial charge in [-0.05, 0) is 31.0 Å². The van der Waals surface area contributed by atoms with Gasteiger partial charge in [-0.2, -0.15) is 4.98 Å². The molecule has 1 heterocycles. The fraction of sp³-hybridized carbons (Fsp3) is 0.231. The van der Waals surface area contributed by atoms with Crippen LogP contribution in [0.5, 0.6) is 0 Å². The van der Waals surface area contributed by atoms with Crippen LogP contribution < -0.4 is 5.32 Å². The lowest BCUT2D eigenvalue weighted by molar-refractivity contribution is -0.136. The van der Waals surface area contributed by atoms with Gasteiger partial charge in [0.2, 0.25) is 0 Å². The zero-order valence-electron chi connectivity index (χ0n) is 10.2. The van der Waals surface area contributed by atoms with Crippen molar-refractivity contribution in [2.24, 2.45) is 0 Å². The van der Waals surface area contributed by atoms with E-state index < -0.39 is 5.97 Å². The van der Waals surface area contributed by atoms with E-state index in [9.17, 15) is 4.79 Å². The third-order valence-corrected chi connectivity index (χ3v) is 2.52. The first-order valence-corrected chi connectivity index (χ1v) is 5.55. The van der Waals surface area contributed by atoms with E-state index in [1.807, 2.05) is 32.0 Å². The maximum Gasteiger partial charge on any atom is 0.309 e. The van der Waals surface area contributed by atoms with E-state index in [2.05, 4.69) is 10.3 Å². The van der Waals surface area contributed by atoms with E-state index in [0.717, 1.165) is 16.8 Å². The number of hydrogen-bond donors (Lipinski definition) is 2. The summed E-state index contributed by atoms with van der Waals surface area (Å²) in [5.74, 6) is -0.929. The highest BCUT2D eigenvalue weighted by atomic mass is 16.4. The van der Waals surface area contributed by atoms with Crippen molar-refractivity contribution in [1.29, 1.82) is 0 Å². The monoisotopic (exact) mass is 246 g/mol. The Hall–Kier alpha value is -2.30. The van der Waals surface area contributed by atoms with Crippen LogP contribution in [-0.2, 0) is 11.2 Å². The third-order valence-electron chi connectivity index (χ3n) is 2.52. The minimum Gasteiger partial charge on any atom is -0.481 e. The Labute approximate surface area is 104 Å². The molecule has 0 amide bonds. The van der Waals surface area contributed by atoms with Crippen molar-refractivity contribution in [3.63, 3.8) is 0 Å². The molecule has 0 fully saturated rings. The van der Waals surface area contributed by atoms with E-state index in [1.54, 1.807) is 0 Å². The number of benzene rings is 1. The van der Waals surface area contributed by atoms with Crippen LogP contribution in [0.1, 0.15) is 16.8 Å². The van der Waals surface area contributed by atoms with Gasteiger partial charge in [-0.3, -0.25) is 4.79 Å². The van der Waals surface area contributed by atoms with E-state index in [0.29, 0.717) is 11.7 Å². The van der Waals surface area contributed by atoms with Crippen LogP contribution in [0.25, 0.3) is 0 Å². The predicted octanol–water partition coefficient (Wildman–Crippen LogP) is 2.66. The smallest absolute Gasteiger partial charge is 0.309 e. The lowest BCUT2D eigenvalue weighted by Crippen LogP contribution is -2.00. The largest absolute Gasteiger partial charge is 0.481 e. The lowest BCUT2D eigenvalue weighted by atomic mass is 10.1. The number of nitrogens with zero attached hydrogens (tertiary/aromatic N) is 1. The maximum absolute atomic E-state index is 10.5. The first kappa shape index (κ1) is 12.2. The molecule has 0 saturated carbocycles. The molecule has 18 heavy (non-hydrogen) atoms. The molecule has 0 bridgehead atoms. The molecule has 0 aliphatic carbocycles. The van der Waals surface area contributed by atoms with Crippen LogP contribution in [0, 0.1) is 13.8 Å². The van der Waals surface area contributed by atoms with Gasteiger partial charge in [-0.15, -0.1) is 0 Å². The van der Waals surface area contributed by atoms with E-state index >= 15 is 0 Å². The number of oxazole rings is 1. The van der Waals surface area contributed by atoms with E-state index in [-0.39, 0.29) is 6.42 Å². The molecule has 0 spiro atoms. The fourth-order valence-corrected chi connectivity index (χ4v) is 1.59. The van der Waals surface area contributed by atoms with Crippen LogP contribution in [0.3, 0.4) is 0 Å². The van der Waals surface area contributed by atoms with E-state index in [1.165, 1.54) is 6.26 Å². The summed E-state index contributed by atoms with van der Waals surface area (Å²) in [5, 5.41) is 11.7. The highest BCUT2D eigenvalue weighted by Crippen LogP contribution is 2.21. The van der Waals surface area contributed by atoms with Gasteiger partial charge in [0.1, 0.15) is 6.26 Å². The summed E-state index contributed by atoms with van der Waals surface area (Å²) in [4.78, 5) is 14.6. The van der Waals surface area contributed by atoms with Gasteiger partial charge in [0.25, 0.3) is 6.01 Å². The van der Waals surface area contributed by atoms with Gasteiger partial charge in [0.15, 0.2) is 0 Å². The summed E-state index contributed by atoms with van der Waals surface area (Å²) < 4.78 is 5.18. The molecule has 0 atom stereocenters. The second kappa shape index (κ2) is 4.91. The molecular formula is C13H14N2O3. The van der Waals surface area contributed by atoms with Crippen molar-refractivity contribution in [1.82, 2.24) is 4.98 Å². The molecule has 94 valence electrons. The number of aryl methyl sites for hydroxylation is 2. The normalized spacial score (nSPS) is 10.3. The topological polar surface area (TPSA) is 75.4 Å². The number of anilines is 2.